The summed E-state index contributed by atoms with van der Waals surface area (Å²) >= 11 is 0. The van der Waals surface area contributed by atoms with Gasteiger partial charge >= 0.3 is 0 Å². The van der Waals surface area contributed by atoms with Gasteiger partial charge in [-0.3, -0.25) is 0 Å². The molecule has 0 saturated carbocycles. The maximum atomic E-state index is 5.55. The molecule has 1 fully saturated rings. The van der Waals surface area contributed by atoms with Crippen molar-refractivity contribution < 1.29 is 0 Å². The number of nitrogens with two attached hydrogens (primary N) is 1. The Morgan fingerprint density at radius 2 is 1.95 bits per heavy atom. The molecular weight excluding hydrogens is 250 g/mol. The fourth-order valence-corrected chi connectivity index (χ4v) is 3.06. The van der Waals surface area contributed by atoms with Crippen molar-refractivity contribution in [3.63, 3.8) is 0 Å². The molecule has 0 bridgehead atoms. The SMILES string of the molecule is Cc1nc(NN)c(C)c(N2CCCC(C(C)C)CC2)n1. The van der Waals surface area contributed by atoms with Gasteiger partial charge in [-0.15, -0.1) is 0 Å². The molecule has 1 aromatic heterocycles. The van der Waals surface area contributed by atoms with Crippen molar-refractivity contribution in [2.24, 2.45) is 17.7 Å². The molecule has 2 rings (SSSR count). The van der Waals surface area contributed by atoms with Gasteiger partial charge in [0.1, 0.15) is 17.5 Å². The first-order valence-electron chi connectivity index (χ1n) is 7.59. The maximum absolute atomic E-state index is 5.55. The lowest BCUT2D eigenvalue weighted by Gasteiger charge is -2.25. The molecule has 20 heavy (non-hydrogen) atoms. The van der Waals surface area contributed by atoms with Crippen molar-refractivity contribution in [2.75, 3.05) is 23.4 Å². The van der Waals surface area contributed by atoms with Crippen LogP contribution in [0, 0.1) is 25.7 Å². The first kappa shape index (κ1) is 15.0. The molecule has 2 heterocycles. The van der Waals surface area contributed by atoms with Crippen molar-refractivity contribution in [1.82, 2.24) is 9.97 Å². The maximum Gasteiger partial charge on any atom is 0.148 e. The predicted molar refractivity (Wildman–Crippen MR) is 83.7 cm³/mol. The van der Waals surface area contributed by atoms with Crippen molar-refractivity contribution in [1.29, 1.82) is 0 Å². The van der Waals surface area contributed by atoms with Crippen LogP contribution in [0.25, 0.3) is 0 Å². The van der Waals surface area contributed by atoms with Gasteiger partial charge in [-0.1, -0.05) is 13.8 Å². The van der Waals surface area contributed by atoms with Gasteiger partial charge in [0.25, 0.3) is 0 Å². The number of rotatable bonds is 3. The van der Waals surface area contributed by atoms with Gasteiger partial charge in [0, 0.05) is 18.7 Å². The van der Waals surface area contributed by atoms with E-state index in [1.165, 1.54) is 19.3 Å². The second kappa shape index (κ2) is 6.39. The van der Waals surface area contributed by atoms with Crippen molar-refractivity contribution in [3.8, 4) is 0 Å². The summed E-state index contributed by atoms with van der Waals surface area (Å²) in [7, 11) is 0. The standard InChI is InChI=1S/C15H27N5/c1-10(2)13-6-5-8-20(9-7-13)15-11(3)14(19-16)17-12(4)18-15/h10,13H,5-9,16H2,1-4H3,(H,17,18,19). The molecule has 0 amide bonds. The Kier molecular flexibility index (Phi) is 4.81. The highest BCUT2D eigenvalue weighted by Crippen LogP contribution is 2.29. The largest absolute Gasteiger partial charge is 0.356 e. The van der Waals surface area contributed by atoms with Crippen LogP contribution in [-0.2, 0) is 0 Å². The van der Waals surface area contributed by atoms with Gasteiger partial charge in [0.05, 0.1) is 0 Å². The van der Waals surface area contributed by atoms with E-state index >= 15 is 0 Å². The second-order valence-electron chi connectivity index (χ2n) is 6.13. The normalized spacial score (nSPS) is 20.1. The first-order chi connectivity index (χ1) is 9.52. The van der Waals surface area contributed by atoms with E-state index in [-0.39, 0.29) is 0 Å². The molecule has 3 N–H and O–H groups in total. The predicted octanol–water partition coefficient (Wildman–Crippen LogP) is 2.64. The van der Waals surface area contributed by atoms with Crippen LogP contribution in [-0.4, -0.2) is 23.1 Å². The van der Waals surface area contributed by atoms with E-state index in [1.807, 2.05) is 13.8 Å². The molecule has 112 valence electrons. The molecule has 1 saturated heterocycles. The van der Waals surface area contributed by atoms with Crippen LogP contribution in [0.4, 0.5) is 11.6 Å². The number of aromatic nitrogens is 2. The van der Waals surface area contributed by atoms with E-state index in [4.69, 9.17) is 5.84 Å². The zero-order chi connectivity index (χ0) is 14.7. The highest BCUT2D eigenvalue weighted by atomic mass is 15.3. The van der Waals surface area contributed by atoms with Gasteiger partial charge < -0.3 is 10.3 Å². The van der Waals surface area contributed by atoms with Crippen LogP contribution in [0.15, 0.2) is 0 Å². The second-order valence-corrected chi connectivity index (χ2v) is 6.13. The van der Waals surface area contributed by atoms with Gasteiger partial charge in [-0.2, -0.15) is 0 Å². The fraction of sp³-hybridized carbons (Fsp3) is 0.733. The summed E-state index contributed by atoms with van der Waals surface area (Å²) in [6.45, 7) is 10.8. The summed E-state index contributed by atoms with van der Waals surface area (Å²) in [5.74, 6) is 9.69. The average Bonchev–Trinajstić information content (AvgIpc) is 2.66. The minimum atomic E-state index is 0.733. The number of hydrazine groups is 1. The molecule has 1 aliphatic heterocycles. The molecule has 1 atom stereocenters. The summed E-state index contributed by atoms with van der Waals surface area (Å²) in [6, 6.07) is 0. The van der Waals surface area contributed by atoms with E-state index in [1.54, 1.807) is 0 Å². The monoisotopic (exact) mass is 277 g/mol. The van der Waals surface area contributed by atoms with Crippen LogP contribution in [0.1, 0.15) is 44.5 Å². The summed E-state index contributed by atoms with van der Waals surface area (Å²) in [4.78, 5) is 11.4. The molecule has 0 spiro atoms. The Hall–Kier alpha value is -1.36. The van der Waals surface area contributed by atoms with Gasteiger partial charge in [-0.05, 0) is 44.9 Å². The minimum absolute atomic E-state index is 0.733. The molecule has 5 nitrogen and oxygen atoms in total. The Morgan fingerprint density at radius 1 is 1.20 bits per heavy atom. The van der Waals surface area contributed by atoms with E-state index in [0.717, 1.165) is 47.9 Å². The Labute approximate surface area is 121 Å². The van der Waals surface area contributed by atoms with E-state index in [2.05, 4.69) is 34.1 Å². The molecule has 5 heteroatoms. The average molecular weight is 277 g/mol. The van der Waals surface area contributed by atoms with Crippen molar-refractivity contribution in [2.45, 2.75) is 47.0 Å². The lowest BCUT2D eigenvalue weighted by Crippen LogP contribution is -2.27. The van der Waals surface area contributed by atoms with Crippen LogP contribution >= 0.6 is 0 Å². The number of aryl methyl sites for hydroxylation is 1. The smallest absolute Gasteiger partial charge is 0.148 e. The van der Waals surface area contributed by atoms with Crippen LogP contribution < -0.4 is 16.2 Å². The Morgan fingerprint density at radius 3 is 2.60 bits per heavy atom. The summed E-state index contributed by atoms with van der Waals surface area (Å²) in [5, 5.41) is 0. The van der Waals surface area contributed by atoms with E-state index in [9.17, 15) is 0 Å². The number of nitrogen functional groups attached to an aromatic ring is 1. The molecule has 1 unspecified atom stereocenters. The van der Waals surface area contributed by atoms with Crippen LogP contribution in [0.5, 0.6) is 0 Å². The topological polar surface area (TPSA) is 67.1 Å². The molecule has 0 aromatic carbocycles. The number of hydrogen-bond acceptors (Lipinski definition) is 5. The van der Waals surface area contributed by atoms with Gasteiger partial charge in [-0.25, -0.2) is 15.8 Å². The summed E-state index contributed by atoms with van der Waals surface area (Å²) in [5.41, 5.74) is 3.72. The molecule has 1 aliphatic rings. The van der Waals surface area contributed by atoms with Crippen LogP contribution in [0.2, 0.25) is 0 Å². The quantitative estimate of drug-likeness (QED) is 0.656. The van der Waals surface area contributed by atoms with Gasteiger partial charge in [0.2, 0.25) is 0 Å². The molecule has 1 aromatic rings. The van der Waals surface area contributed by atoms with E-state index < -0.39 is 0 Å². The number of nitrogens with one attached hydrogen (secondary N) is 1. The third kappa shape index (κ3) is 3.20. The Bertz CT molecular complexity index is 458. The first-order valence-corrected chi connectivity index (χ1v) is 7.59. The lowest BCUT2D eigenvalue weighted by molar-refractivity contribution is 0.351. The number of anilines is 2. The lowest BCUT2D eigenvalue weighted by atomic mass is 9.89. The van der Waals surface area contributed by atoms with Crippen molar-refractivity contribution >= 4 is 11.6 Å². The van der Waals surface area contributed by atoms with Gasteiger partial charge in [0.15, 0.2) is 0 Å². The number of hydrogen-bond donors (Lipinski definition) is 2. The summed E-state index contributed by atoms with van der Waals surface area (Å²) < 4.78 is 0. The van der Waals surface area contributed by atoms with E-state index in [0.29, 0.717) is 0 Å². The highest BCUT2D eigenvalue weighted by Gasteiger charge is 2.22. The third-order valence-corrected chi connectivity index (χ3v) is 4.38. The molecule has 0 radical (unpaired) electrons. The Balaban J connectivity index is 2.21. The highest BCUT2D eigenvalue weighted by molar-refractivity contribution is 5.58. The minimum Gasteiger partial charge on any atom is -0.356 e. The zero-order valence-corrected chi connectivity index (χ0v) is 13.1. The molecular formula is C15H27N5. The fourth-order valence-electron chi connectivity index (χ4n) is 3.06. The zero-order valence-electron chi connectivity index (χ0n) is 13.1. The van der Waals surface area contributed by atoms with Crippen molar-refractivity contribution in [3.05, 3.63) is 11.4 Å². The number of nitrogens with zero attached hydrogens (tertiary/aromatic N) is 3. The molecule has 0 aliphatic carbocycles. The van der Waals surface area contributed by atoms with Crippen LogP contribution in [0.3, 0.4) is 0 Å². The summed E-state index contributed by atoms with van der Waals surface area (Å²) in [6.07, 6.45) is 3.79. The third-order valence-electron chi connectivity index (χ3n) is 4.38.